The van der Waals surface area contributed by atoms with Crippen LogP contribution in [0.3, 0.4) is 0 Å². The fraction of sp³-hybridized carbons (Fsp3) is 0.520. The average molecular weight is 485 g/mol. The maximum absolute atomic E-state index is 13.3. The lowest BCUT2D eigenvalue weighted by molar-refractivity contribution is -0.128. The van der Waals surface area contributed by atoms with Crippen molar-refractivity contribution >= 4 is 23.3 Å². The van der Waals surface area contributed by atoms with Crippen molar-refractivity contribution in [2.45, 2.75) is 46.1 Å². The summed E-state index contributed by atoms with van der Waals surface area (Å²) < 4.78 is 1.26. The number of nitrogens with one attached hydrogen (secondary N) is 2. The van der Waals surface area contributed by atoms with Gasteiger partial charge in [-0.2, -0.15) is 0 Å². The Balaban J connectivity index is 1.76. The van der Waals surface area contributed by atoms with Crippen LogP contribution in [0.5, 0.6) is 0 Å². The molecule has 1 aliphatic rings. The van der Waals surface area contributed by atoms with Gasteiger partial charge in [-0.3, -0.25) is 28.8 Å². The number of nitrogen functional groups attached to an aromatic ring is 1. The first-order valence-corrected chi connectivity index (χ1v) is 12.3. The molecule has 10 nitrogen and oxygen atoms in total. The fourth-order valence-electron chi connectivity index (χ4n) is 4.44. The number of unbranched alkanes of at least 4 members (excludes halogenated alkanes) is 1. The Bertz CT molecular complexity index is 1130. The number of likely N-dealkylation sites (N-methyl/N-ethyl adjacent to an activating group) is 1. The van der Waals surface area contributed by atoms with E-state index in [1.807, 2.05) is 35.2 Å². The Morgan fingerprint density at radius 1 is 1.20 bits per heavy atom. The number of carbonyl (C=O) groups is 2. The molecule has 0 aliphatic carbocycles. The maximum Gasteiger partial charge on any atom is 0.330 e. The number of rotatable bonds is 10. The Morgan fingerprint density at radius 3 is 2.63 bits per heavy atom. The second kappa shape index (κ2) is 12.3. The van der Waals surface area contributed by atoms with E-state index in [0.29, 0.717) is 19.6 Å². The molecule has 4 N–H and O–H groups in total. The van der Waals surface area contributed by atoms with Crippen LogP contribution in [0.2, 0.25) is 0 Å². The molecule has 0 spiro atoms. The van der Waals surface area contributed by atoms with Gasteiger partial charge in [-0.15, -0.1) is 0 Å². The third kappa shape index (κ3) is 6.60. The normalized spacial score (nSPS) is 16.1. The minimum absolute atomic E-state index is 0.0247. The van der Waals surface area contributed by atoms with Crippen molar-refractivity contribution in [3.63, 3.8) is 0 Å². The summed E-state index contributed by atoms with van der Waals surface area (Å²) in [7, 11) is 0. The quantitative estimate of drug-likeness (QED) is 0.433. The molecule has 2 aromatic rings. The number of H-pyrrole nitrogens is 1. The number of carbonyl (C=O) groups excluding carboxylic acids is 2. The van der Waals surface area contributed by atoms with E-state index < -0.39 is 11.2 Å². The SMILES string of the molecule is CCCCNC(=O)C1CCCN(CC(=O)N(CC)c2c(N)n(Cc3ccccc3)c(=O)[nH]c2=O)C1. The van der Waals surface area contributed by atoms with Gasteiger partial charge in [0.05, 0.1) is 19.0 Å². The van der Waals surface area contributed by atoms with E-state index in [2.05, 4.69) is 17.2 Å². The molecule has 1 aliphatic heterocycles. The van der Waals surface area contributed by atoms with Gasteiger partial charge in [0.25, 0.3) is 5.56 Å². The van der Waals surface area contributed by atoms with E-state index >= 15 is 0 Å². The largest absolute Gasteiger partial charge is 0.383 e. The predicted molar refractivity (Wildman–Crippen MR) is 136 cm³/mol. The van der Waals surface area contributed by atoms with Gasteiger partial charge < -0.3 is 16.0 Å². The van der Waals surface area contributed by atoms with Crippen molar-refractivity contribution in [3.8, 4) is 0 Å². The van der Waals surface area contributed by atoms with Gasteiger partial charge in [0.15, 0.2) is 5.69 Å². The highest BCUT2D eigenvalue weighted by Crippen LogP contribution is 2.20. The van der Waals surface area contributed by atoms with E-state index in [4.69, 9.17) is 5.73 Å². The van der Waals surface area contributed by atoms with Gasteiger partial charge in [-0.05, 0) is 38.3 Å². The first-order chi connectivity index (χ1) is 16.8. The van der Waals surface area contributed by atoms with E-state index in [9.17, 15) is 19.2 Å². The molecule has 1 fully saturated rings. The van der Waals surface area contributed by atoms with Crippen LogP contribution in [-0.2, 0) is 16.1 Å². The number of likely N-dealkylation sites (tertiary alicyclic amines) is 1. The number of nitrogens with two attached hydrogens (primary N) is 1. The molecule has 1 saturated heterocycles. The van der Waals surface area contributed by atoms with Crippen LogP contribution in [-0.4, -0.2) is 59.0 Å². The lowest BCUT2D eigenvalue weighted by Gasteiger charge is -2.33. The van der Waals surface area contributed by atoms with Gasteiger partial charge in [0.2, 0.25) is 11.8 Å². The molecule has 0 bridgehead atoms. The number of nitrogens with zero attached hydrogens (tertiary/aromatic N) is 3. The van der Waals surface area contributed by atoms with Gasteiger partial charge >= 0.3 is 5.69 Å². The summed E-state index contributed by atoms with van der Waals surface area (Å²) >= 11 is 0. The monoisotopic (exact) mass is 484 g/mol. The summed E-state index contributed by atoms with van der Waals surface area (Å²) in [6.45, 7) is 6.11. The lowest BCUT2D eigenvalue weighted by atomic mass is 9.97. The Labute approximate surface area is 205 Å². The molecule has 2 heterocycles. The van der Waals surface area contributed by atoms with Crippen molar-refractivity contribution in [3.05, 3.63) is 56.7 Å². The number of piperidine rings is 1. The molecule has 10 heteroatoms. The van der Waals surface area contributed by atoms with E-state index in [1.54, 1.807) is 6.92 Å². The number of amides is 2. The number of aromatic nitrogens is 2. The molecule has 0 radical (unpaired) electrons. The highest BCUT2D eigenvalue weighted by Gasteiger charge is 2.29. The number of anilines is 2. The molecule has 3 rings (SSSR count). The van der Waals surface area contributed by atoms with Crippen molar-refractivity contribution < 1.29 is 9.59 Å². The average Bonchev–Trinajstić information content (AvgIpc) is 2.85. The van der Waals surface area contributed by atoms with Crippen molar-refractivity contribution in [1.82, 2.24) is 19.8 Å². The predicted octanol–water partition coefficient (Wildman–Crippen LogP) is 1.15. The molecule has 35 heavy (non-hydrogen) atoms. The first kappa shape index (κ1) is 26.2. The van der Waals surface area contributed by atoms with Crippen molar-refractivity contribution in [2.75, 3.05) is 43.4 Å². The van der Waals surface area contributed by atoms with E-state index in [-0.39, 0.29) is 48.9 Å². The van der Waals surface area contributed by atoms with Crippen molar-refractivity contribution in [1.29, 1.82) is 0 Å². The molecule has 1 aromatic carbocycles. The smallest absolute Gasteiger partial charge is 0.330 e. The topological polar surface area (TPSA) is 134 Å². The molecule has 0 saturated carbocycles. The van der Waals surface area contributed by atoms with Crippen LogP contribution in [0.25, 0.3) is 0 Å². The Hall–Kier alpha value is -3.40. The molecule has 2 amide bonds. The molecule has 1 unspecified atom stereocenters. The van der Waals surface area contributed by atoms with Crippen LogP contribution < -0.4 is 27.2 Å². The Kier molecular flexibility index (Phi) is 9.25. The highest BCUT2D eigenvalue weighted by molar-refractivity contribution is 5.96. The summed E-state index contributed by atoms with van der Waals surface area (Å²) in [6, 6.07) is 9.27. The third-order valence-corrected chi connectivity index (χ3v) is 6.35. The summed E-state index contributed by atoms with van der Waals surface area (Å²) in [4.78, 5) is 56.5. The summed E-state index contributed by atoms with van der Waals surface area (Å²) in [5, 5.41) is 2.98. The van der Waals surface area contributed by atoms with Gasteiger partial charge in [0.1, 0.15) is 5.82 Å². The van der Waals surface area contributed by atoms with Crippen LogP contribution in [0, 0.1) is 5.92 Å². The van der Waals surface area contributed by atoms with Gasteiger partial charge in [-0.1, -0.05) is 43.7 Å². The summed E-state index contributed by atoms with van der Waals surface area (Å²) in [6.07, 6.45) is 3.56. The highest BCUT2D eigenvalue weighted by atomic mass is 16.2. The first-order valence-electron chi connectivity index (χ1n) is 12.3. The zero-order valence-corrected chi connectivity index (χ0v) is 20.6. The van der Waals surface area contributed by atoms with Gasteiger partial charge in [-0.25, -0.2) is 4.79 Å². The molecule has 1 atom stereocenters. The zero-order valence-electron chi connectivity index (χ0n) is 20.6. The maximum atomic E-state index is 13.3. The minimum atomic E-state index is -0.696. The standard InChI is InChI=1S/C25H36N6O4/c1-3-5-13-27-23(33)19-12-9-14-29(16-19)17-20(32)30(4-2)21-22(26)31(25(35)28-24(21)34)15-18-10-7-6-8-11-18/h6-8,10-11,19H,3-5,9,12-17,26H2,1-2H3,(H,27,33)(H,28,34,35). The molecule has 1 aromatic heterocycles. The third-order valence-electron chi connectivity index (χ3n) is 6.35. The van der Waals surface area contributed by atoms with E-state index in [1.165, 1.54) is 9.47 Å². The molecule has 190 valence electrons. The van der Waals surface area contributed by atoms with Crippen LogP contribution in [0.1, 0.15) is 45.1 Å². The lowest BCUT2D eigenvalue weighted by Crippen LogP contribution is -2.49. The number of hydrogen-bond acceptors (Lipinski definition) is 6. The second-order valence-electron chi connectivity index (χ2n) is 8.92. The number of hydrogen-bond donors (Lipinski definition) is 3. The fourth-order valence-corrected chi connectivity index (χ4v) is 4.44. The summed E-state index contributed by atoms with van der Waals surface area (Å²) in [5.41, 5.74) is 5.77. The van der Waals surface area contributed by atoms with Crippen molar-refractivity contribution in [2.24, 2.45) is 5.92 Å². The number of aromatic amines is 1. The Morgan fingerprint density at radius 2 is 1.94 bits per heavy atom. The molecular weight excluding hydrogens is 448 g/mol. The number of benzene rings is 1. The van der Waals surface area contributed by atoms with Crippen LogP contribution in [0.15, 0.2) is 39.9 Å². The molecular formula is C25H36N6O4. The second-order valence-corrected chi connectivity index (χ2v) is 8.92. The van der Waals surface area contributed by atoms with Gasteiger partial charge in [0, 0.05) is 19.6 Å². The van der Waals surface area contributed by atoms with E-state index in [0.717, 1.165) is 31.2 Å². The van der Waals surface area contributed by atoms with Crippen LogP contribution in [0.4, 0.5) is 11.5 Å². The summed E-state index contributed by atoms with van der Waals surface area (Å²) in [5.74, 6) is -0.493. The minimum Gasteiger partial charge on any atom is -0.383 e. The zero-order chi connectivity index (χ0) is 25.4. The van der Waals surface area contributed by atoms with Crippen LogP contribution >= 0.6 is 0 Å².